The van der Waals surface area contributed by atoms with Crippen LogP contribution >= 0.6 is 24.0 Å². The maximum absolute atomic E-state index is 13.4. The molecule has 1 atom stereocenters. The number of nitrogens with zero attached hydrogens (tertiary/aromatic N) is 5. The van der Waals surface area contributed by atoms with E-state index >= 15 is 0 Å². The van der Waals surface area contributed by atoms with E-state index in [1.807, 2.05) is 31.2 Å². The van der Waals surface area contributed by atoms with Crippen LogP contribution in [-0.2, 0) is 16.1 Å². The molecule has 0 spiro atoms. The SMILES string of the molecule is CCn1c(N2CCN(c3ccccc3)CC2)c(/C=C2\SC(=S)N(CC3CCCO3)C2=O)c(C)c(C#N)c1=O. The van der Waals surface area contributed by atoms with Crippen LogP contribution in [0.2, 0.25) is 0 Å². The highest BCUT2D eigenvalue weighted by atomic mass is 32.2. The number of amides is 1. The van der Waals surface area contributed by atoms with E-state index in [9.17, 15) is 14.9 Å². The van der Waals surface area contributed by atoms with E-state index in [1.54, 1.807) is 16.4 Å². The number of nitriles is 1. The lowest BCUT2D eigenvalue weighted by Gasteiger charge is -2.39. The number of benzene rings is 1. The van der Waals surface area contributed by atoms with Gasteiger partial charge in [-0.15, -0.1) is 0 Å². The zero-order valence-electron chi connectivity index (χ0n) is 21.7. The number of piperazine rings is 1. The van der Waals surface area contributed by atoms with Crippen LogP contribution in [0, 0.1) is 18.3 Å². The molecule has 0 bridgehead atoms. The van der Waals surface area contributed by atoms with Crippen molar-refractivity contribution in [1.29, 1.82) is 5.26 Å². The highest BCUT2D eigenvalue weighted by molar-refractivity contribution is 8.26. The van der Waals surface area contributed by atoms with Crippen molar-refractivity contribution in [1.82, 2.24) is 9.47 Å². The number of aromatic nitrogens is 1. The molecule has 1 aromatic heterocycles. The van der Waals surface area contributed by atoms with E-state index in [-0.39, 0.29) is 23.1 Å². The van der Waals surface area contributed by atoms with Gasteiger partial charge in [0.1, 0.15) is 21.8 Å². The molecule has 1 aromatic carbocycles. The van der Waals surface area contributed by atoms with Gasteiger partial charge in [0, 0.05) is 50.6 Å². The Morgan fingerprint density at radius 2 is 1.87 bits per heavy atom. The lowest BCUT2D eigenvalue weighted by Crippen LogP contribution is -2.48. The highest BCUT2D eigenvalue weighted by Gasteiger charge is 2.35. The third kappa shape index (κ3) is 4.98. The monoisotopic (exact) mass is 549 g/mol. The van der Waals surface area contributed by atoms with Crippen LogP contribution in [0.1, 0.15) is 36.5 Å². The molecule has 1 amide bonds. The highest BCUT2D eigenvalue weighted by Crippen LogP contribution is 2.37. The van der Waals surface area contributed by atoms with Crippen LogP contribution in [0.4, 0.5) is 11.5 Å². The number of pyridine rings is 1. The molecule has 0 saturated carbocycles. The average molecular weight is 550 g/mol. The van der Waals surface area contributed by atoms with Gasteiger partial charge in [-0.05, 0) is 50.5 Å². The van der Waals surface area contributed by atoms with E-state index in [4.69, 9.17) is 17.0 Å². The Bertz CT molecular complexity index is 1370. The predicted octanol–water partition coefficient (Wildman–Crippen LogP) is 3.76. The summed E-state index contributed by atoms with van der Waals surface area (Å²) in [6.07, 6.45) is 3.74. The van der Waals surface area contributed by atoms with Gasteiger partial charge in [-0.25, -0.2) is 0 Å². The van der Waals surface area contributed by atoms with Crippen LogP contribution in [0.25, 0.3) is 6.08 Å². The van der Waals surface area contributed by atoms with E-state index in [2.05, 4.69) is 28.0 Å². The zero-order chi connectivity index (χ0) is 26.8. The summed E-state index contributed by atoms with van der Waals surface area (Å²) < 4.78 is 7.91. The van der Waals surface area contributed by atoms with Crippen molar-refractivity contribution in [2.45, 2.75) is 39.3 Å². The summed E-state index contributed by atoms with van der Waals surface area (Å²) in [6.45, 7) is 8.30. The van der Waals surface area contributed by atoms with Crippen molar-refractivity contribution >= 4 is 51.8 Å². The van der Waals surface area contributed by atoms with Crippen LogP contribution < -0.4 is 15.4 Å². The van der Waals surface area contributed by atoms with Gasteiger partial charge in [-0.3, -0.25) is 19.1 Å². The first-order chi connectivity index (χ1) is 18.4. The Balaban J connectivity index is 1.51. The normalized spacial score (nSPS) is 21.0. The molecule has 38 heavy (non-hydrogen) atoms. The van der Waals surface area contributed by atoms with Gasteiger partial charge in [0.05, 0.1) is 17.6 Å². The molecule has 3 fully saturated rings. The van der Waals surface area contributed by atoms with E-state index < -0.39 is 0 Å². The fraction of sp³-hybridized carbons (Fsp3) is 0.429. The fourth-order valence-electron chi connectivity index (χ4n) is 5.37. The lowest BCUT2D eigenvalue weighted by atomic mass is 10.0. The Morgan fingerprint density at radius 3 is 2.50 bits per heavy atom. The molecule has 3 aliphatic heterocycles. The molecule has 5 rings (SSSR count). The van der Waals surface area contributed by atoms with Crippen molar-refractivity contribution in [3.05, 3.63) is 62.3 Å². The standard InChI is InChI=1S/C28H31N5O3S2/c1-3-32-25(31-13-11-30(12-14-31)20-8-5-4-6-9-20)22(19(2)23(17-29)26(32)34)16-24-27(35)33(28(37)38-24)18-21-10-7-15-36-21/h4-6,8-9,16,21H,3,7,10-15,18H2,1-2H3/b24-16-. The van der Waals surface area contributed by atoms with E-state index in [0.717, 1.165) is 37.3 Å². The summed E-state index contributed by atoms with van der Waals surface area (Å²) in [6, 6.07) is 12.4. The van der Waals surface area contributed by atoms with Gasteiger partial charge in [-0.2, -0.15) is 5.26 Å². The van der Waals surface area contributed by atoms with Crippen LogP contribution in [0.3, 0.4) is 0 Å². The number of thioether (sulfide) groups is 1. The first-order valence-corrected chi connectivity index (χ1v) is 14.2. The Labute approximate surface area is 232 Å². The molecule has 0 aliphatic carbocycles. The van der Waals surface area contributed by atoms with Crippen molar-refractivity contribution in [2.75, 3.05) is 49.1 Å². The minimum atomic E-state index is -0.295. The minimum absolute atomic E-state index is 0.00208. The molecule has 0 radical (unpaired) electrons. The van der Waals surface area contributed by atoms with Crippen LogP contribution in [0.15, 0.2) is 40.0 Å². The molecule has 3 saturated heterocycles. The number of ether oxygens (including phenoxy) is 1. The van der Waals surface area contributed by atoms with Crippen LogP contribution in [0.5, 0.6) is 0 Å². The Morgan fingerprint density at radius 1 is 1.16 bits per heavy atom. The predicted molar refractivity (Wildman–Crippen MR) is 156 cm³/mol. The number of hydrogen-bond donors (Lipinski definition) is 0. The molecule has 198 valence electrons. The Kier molecular flexibility index (Phi) is 7.88. The minimum Gasteiger partial charge on any atom is -0.376 e. The summed E-state index contributed by atoms with van der Waals surface area (Å²) in [5.74, 6) is 0.605. The maximum Gasteiger partial charge on any atom is 0.270 e. The summed E-state index contributed by atoms with van der Waals surface area (Å²) in [4.78, 5) is 33.4. The quantitative estimate of drug-likeness (QED) is 0.398. The lowest BCUT2D eigenvalue weighted by molar-refractivity contribution is -0.123. The summed E-state index contributed by atoms with van der Waals surface area (Å²) in [7, 11) is 0. The second kappa shape index (κ2) is 11.3. The largest absolute Gasteiger partial charge is 0.376 e. The van der Waals surface area contributed by atoms with Gasteiger partial charge >= 0.3 is 0 Å². The Hall–Kier alpha value is -3.13. The first-order valence-electron chi connectivity index (χ1n) is 13.0. The summed E-state index contributed by atoms with van der Waals surface area (Å²) in [5.41, 5.74) is 2.31. The summed E-state index contributed by atoms with van der Waals surface area (Å²) in [5, 5.41) is 9.84. The molecule has 3 aliphatic rings. The number of carbonyl (C=O) groups excluding carboxylic acids is 1. The molecule has 10 heteroatoms. The number of rotatable bonds is 6. The van der Waals surface area contributed by atoms with Crippen molar-refractivity contribution in [2.24, 2.45) is 0 Å². The fourth-order valence-corrected chi connectivity index (χ4v) is 6.63. The van der Waals surface area contributed by atoms with Gasteiger partial charge in [0.25, 0.3) is 11.5 Å². The molecular formula is C28H31N5O3S2. The van der Waals surface area contributed by atoms with Gasteiger partial charge in [0.15, 0.2) is 0 Å². The number of para-hydroxylation sites is 1. The molecule has 0 N–H and O–H groups in total. The number of anilines is 2. The van der Waals surface area contributed by atoms with Crippen molar-refractivity contribution in [3.63, 3.8) is 0 Å². The summed E-state index contributed by atoms with van der Waals surface area (Å²) >= 11 is 6.83. The molecule has 4 heterocycles. The van der Waals surface area contributed by atoms with Gasteiger partial charge < -0.3 is 14.5 Å². The smallest absolute Gasteiger partial charge is 0.270 e. The second-order valence-electron chi connectivity index (χ2n) is 9.64. The average Bonchev–Trinajstić information content (AvgIpc) is 3.55. The van der Waals surface area contributed by atoms with E-state index in [1.165, 1.54) is 17.4 Å². The number of hydrogen-bond acceptors (Lipinski definition) is 8. The maximum atomic E-state index is 13.4. The number of carbonyl (C=O) groups is 1. The van der Waals surface area contributed by atoms with Crippen molar-refractivity contribution in [3.8, 4) is 6.07 Å². The molecular weight excluding hydrogens is 518 g/mol. The van der Waals surface area contributed by atoms with Crippen molar-refractivity contribution < 1.29 is 9.53 Å². The van der Waals surface area contributed by atoms with Gasteiger partial charge in [-0.1, -0.05) is 42.2 Å². The number of thiocarbonyl (C=S) groups is 1. The van der Waals surface area contributed by atoms with E-state index in [0.29, 0.717) is 47.6 Å². The third-order valence-corrected chi connectivity index (χ3v) is 8.80. The van der Waals surface area contributed by atoms with Gasteiger partial charge in [0.2, 0.25) is 0 Å². The zero-order valence-corrected chi connectivity index (χ0v) is 23.3. The molecule has 8 nitrogen and oxygen atoms in total. The molecule has 2 aromatic rings. The van der Waals surface area contributed by atoms with Crippen LogP contribution in [-0.4, -0.2) is 65.1 Å². The molecule has 1 unspecified atom stereocenters. The topological polar surface area (TPSA) is 81.8 Å². The third-order valence-electron chi connectivity index (χ3n) is 7.42. The first kappa shape index (κ1) is 26.5. The second-order valence-corrected chi connectivity index (χ2v) is 11.3.